The highest BCUT2D eigenvalue weighted by atomic mass is 16.5. The zero-order chi connectivity index (χ0) is 19.7. The highest BCUT2D eigenvalue weighted by Gasteiger charge is 2.42. The molecule has 0 N–H and O–H groups in total. The minimum atomic E-state index is -0.439. The molecular weight excluding hydrogens is 354 g/mol. The van der Waals surface area contributed by atoms with E-state index >= 15 is 0 Å². The summed E-state index contributed by atoms with van der Waals surface area (Å²) in [5, 5.41) is 0.503. The second kappa shape index (κ2) is 7.50. The lowest BCUT2D eigenvalue weighted by atomic mass is 9.98. The fraction of sp³-hybridized carbons (Fsp3) is 0.304. The Labute approximate surface area is 163 Å². The van der Waals surface area contributed by atoms with Crippen molar-refractivity contribution in [3.05, 3.63) is 75.6 Å². The lowest BCUT2D eigenvalue weighted by Crippen LogP contribution is -2.30. The first-order chi connectivity index (χ1) is 13.7. The Morgan fingerprint density at radius 2 is 1.79 bits per heavy atom. The summed E-state index contributed by atoms with van der Waals surface area (Å²) >= 11 is 0. The van der Waals surface area contributed by atoms with Crippen molar-refractivity contribution in [1.29, 1.82) is 0 Å². The van der Waals surface area contributed by atoms with Gasteiger partial charge in [-0.25, -0.2) is 0 Å². The van der Waals surface area contributed by atoms with Crippen LogP contribution in [0.1, 0.15) is 53.9 Å². The van der Waals surface area contributed by atoms with E-state index in [1.165, 1.54) is 0 Å². The maximum atomic E-state index is 13.3. The van der Waals surface area contributed by atoms with Crippen LogP contribution in [-0.4, -0.2) is 24.5 Å². The molecule has 2 heterocycles. The molecule has 1 aromatic heterocycles. The van der Waals surface area contributed by atoms with Gasteiger partial charge in [0.05, 0.1) is 24.1 Å². The number of ether oxygens (including phenoxy) is 1. The molecule has 5 heteroatoms. The predicted molar refractivity (Wildman–Crippen MR) is 108 cm³/mol. The summed E-state index contributed by atoms with van der Waals surface area (Å²) in [5.74, 6) is 0.687. The molecule has 144 valence electrons. The lowest BCUT2D eigenvalue weighted by molar-refractivity contribution is 0.0724. The first-order valence-electron chi connectivity index (χ1n) is 9.66. The molecule has 0 spiro atoms. The second-order valence-electron chi connectivity index (χ2n) is 7.05. The number of carbonyl (C=O) groups is 1. The van der Waals surface area contributed by atoms with E-state index in [0.717, 1.165) is 30.6 Å². The van der Waals surface area contributed by atoms with Crippen molar-refractivity contribution < 1.29 is 13.9 Å². The van der Waals surface area contributed by atoms with Gasteiger partial charge in [-0.05, 0) is 36.2 Å². The topological polar surface area (TPSA) is 59.8 Å². The predicted octanol–water partition coefficient (Wildman–Crippen LogP) is 4.54. The van der Waals surface area contributed by atoms with E-state index in [9.17, 15) is 9.59 Å². The fourth-order valence-corrected chi connectivity index (χ4v) is 3.86. The summed E-state index contributed by atoms with van der Waals surface area (Å²) in [6.07, 6.45) is 2.97. The minimum Gasteiger partial charge on any atom is -0.497 e. The number of fused-ring (bicyclic) bond motifs is 2. The number of methoxy groups -OCH3 is 1. The molecule has 28 heavy (non-hydrogen) atoms. The van der Waals surface area contributed by atoms with Crippen molar-refractivity contribution in [2.75, 3.05) is 13.7 Å². The maximum absolute atomic E-state index is 13.3. The minimum absolute atomic E-state index is 0.135. The van der Waals surface area contributed by atoms with Gasteiger partial charge < -0.3 is 14.1 Å². The van der Waals surface area contributed by atoms with E-state index in [-0.39, 0.29) is 17.1 Å². The van der Waals surface area contributed by atoms with Crippen LogP contribution in [0.2, 0.25) is 0 Å². The summed E-state index contributed by atoms with van der Waals surface area (Å²) in [6, 6.07) is 14.2. The number of carbonyl (C=O) groups excluding carboxylic acids is 1. The third-order valence-corrected chi connectivity index (χ3v) is 5.31. The first-order valence-corrected chi connectivity index (χ1v) is 9.66. The highest BCUT2D eigenvalue weighted by Crippen LogP contribution is 2.38. The third kappa shape index (κ3) is 2.97. The molecule has 5 nitrogen and oxygen atoms in total. The van der Waals surface area contributed by atoms with Gasteiger partial charge in [-0.1, -0.05) is 44.0 Å². The van der Waals surface area contributed by atoms with E-state index in [1.54, 1.807) is 30.2 Å². The van der Waals surface area contributed by atoms with Crippen molar-refractivity contribution in [2.24, 2.45) is 0 Å². The zero-order valence-electron chi connectivity index (χ0n) is 16.1. The van der Waals surface area contributed by atoms with E-state index in [2.05, 4.69) is 6.92 Å². The molecule has 2 aromatic carbocycles. The van der Waals surface area contributed by atoms with Crippen LogP contribution < -0.4 is 10.2 Å². The smallest absolute Gasteiger partial charge is 0.290 e. The second-order valence-corrected chi connectivity index (χ2v) is 7.05. The normalized spacial score (nSPS) is 15.9. The van der Waals surface area contributed by atoms with Gasteiger partial charge in [-0.2, -0.15) is 0 Å². The van der Waals surface area contributed by atoms with Gasteiger partial charge in [0.15, 0.2) is 5.43 Å². The maximum Gasteiger partial charge on any atom is 0.290 e. The van der Waals surface area contributed by atoms with Crippen LogP contribution in [-0.2, 0) is 0 Å². The Hall–Kier alpha value is -3.08. The summed E-state index contributed by atoms with van der Waals surface area (Å²) in [5.41, 5.74) is 1.63. The third-order valence-electron chi connectivity index (χ3n) is 5.31. The van der Waals surface area contributed by atoms with Crippen molar-refractivity contribution in [2.45, 2.75) is 32.2 Å². The van der Waals surface area contributed by atoms with Crippen LogP contribution in [0, 0.1) is 0 Å². The molecule has 4 rings (SSSR count). The number of rotatable bonds is 6. The molecule has 0 saturated heterocycles. The van der Waals surface area contributed by atoms with Crippen LogP contribution >= 0.6 is 0 Å². The van der Waals surface area contributed by atoms with Gasteiger partial charge in [-0.3, -0.25) is 9.59 Å². The zero-order valence-corrected chi connectivity index (χ0v) is 16.1. The summed E-state index contributed by atoms with van der Waals surface area (Å²) in [4.78, 5) is 28.2. The Morgan fingerprint density at radius 1 is 1.04 bits per heavy atom. The van der Waals surface area contributed by atoms with Gasteiger partial charge in [0.1, 0.15) is 11.3 Å². The van der Waals surface area contributed by atoms with Crippen LogP contribution in [0.5, 0.6) is 5.75 Å². The highest BCUT2D eigenvalue weighted by molar-refractivity contribution is 5.99. The summed E-state index contributed by atoms with van der Waals surface area (Å²) < 4.78 is 11.2. The number of hydrogen-bond acceptors (Lipinski definition) is 4. The van der Waals surface area contributed by atoms with Crippen molar-refractivity contribution in [3.8, 4) is 5.75 Å². The molecule has 0 bridgehead atoms. The largest absolute Gasteiger partial charge is 0.497 e. The van der Waals surface area contributed by atoms with E-state index < -0.39 is 6.04 Å². The number of benzene rings is 2. The number of amides is 1. The average Bonchev–Trinajstić information content (AvgIpc) is 3.01. The number of para-hydroxylation sites is 1. The molecule has 1 aliphatic rings. The summed E-state index contributed by atoms with van der Waals surface area (Å²) in [6.45, 7) is 2.71. The lowest BCUT2D eigenvalue weighted by Gasteiger charge is -2.25. The molecule has 1 atom stereocenters. The Kier molecular flexibility index (Phi) is 4.90. The summed E-state index contributed by atoms with van der Waals surface area (Å²) in [7, 11) is 1.61. The van der Waals surface area contributed by atoms with E-state index in [0.29, 0.717) is 23.1 Å². The van der Waals surface area contributed by atoms with E-state index in [1.807, 2.05) is 30.3 Å². The molecule has 1 unspecified atom stereocenters. The fourth-order valence-electron chi connectivity index (χ4n) is 3.86. The van der Waals surface area contributed by atoms with Crippen molar-refractivity contribution >= 4 is 16.9 Å². The Morgan fingerprint density at radius 3 is 2.50 bits per heavy atom. The van der Waals surface area contributed by atoms with Crippen LogP contribution in [0.25, 0.3) is 11.0 Å². The van der Waals surface area contributed by atoms with Crippen LogP contribution in [0.15, 0.2) is 57.7 Å². The van der Waals surface area contributed by atoms with Gasteiger partial charge in [0.2, 0.25) is 5.76 Å². The molecule has 0 fully saturated rings. The van der Waals surface area contributed by atoms with Crippen molar-refractivity contribution in [1.82, 2.24) is 4.90 Å². The van der Waals surface area contributed by atoms with Gasteiger partial charge in [0, 0.05) is 6.54 Å². The van der Waals surface area contributed by atoms with Gasteiger partial charge >= 0.3 is 0 Å². The first kappa shape index (κ1) is 18.3. The molecule has 3 aromatic rings. The van der Waals surface area contributed by atoms with Crippen LogP contribution in [0.3, 0.4) is 0 Å². The SMILES string of the molecule is CCCCCN1C(=O)c2oc3ccccc3c(=O)c2C1c1ccc(OC)cc1. The standard InChI is InChI=1S/C23H23NO4/c1-3-4-7-14-24-20(15-10-12-16(27-2)13-11-15)19-21(25)17-8-5-6-9-18(17)28-22(19)23(24)26/h5-6,8-13,20H,3-4,7,14H2,1-2H3. The number of hydrogen-bond donors (Lipinski definition) is 0. The molecule has 1 aliphatic heterocycles. The Bertz CT molecular complexity index is 1070. The monoisotopic (exact) mass is 377 g/mol. The average molecular weight is 377 g/mol. The molecular formula is C23H23NO4. The number of unbranched alkanes of at least 4 members (excludes halogenated alkanes) is 2. The Balaban J connectivity index is 1.88. The molecule has 0 saturated carbocycles. The number of nitrogens with zero attached hydrogens (tertiary/aromatic N) is 1. The molecule has 0 aliphatic carbocycles. The van der Waals surface area contributed by atoms with Gasteiger partial charge in [0.25, 0.3) is 5.91 Å². The van der Waals surface area contributed by atoms with E-state index in [4.69, 9.17) is 9.15 Å². The quantitative estimate of drug-likeness (QED) is 0.592. The van der Waals surface area contributed by atoms with Gasteiger partial charge in [-0.15, -0.1) is 0 Å². The van der Waals surface area contributed by atoms with Crippen LogP contribution in [0.4, 0.5) is 0 Å². The molecule has 0 radical (unpaired) electrons. The van der Waals surface area contributed by atoms with Crippen molar-refractivity contribution in [3.63, 3.8) is 0 Å². The molecule has 1 amide bonds.